The van der Waals surface area contributed by atoms with E-state index in [4.69, 9.17) is 0 Å². The van der Waals surface area contributed by atoms with Crippen molar-refractivity contribution >= 4 is 29.0 Å². The highest BCUT2D eigenvalue weighted by atomic mass is 32.2. The van der Waals surface area contributed by atoms with Gasteiger partial charge in [0.15, 0.2) is 5.16 Å². The van der Waals surface area contributed by atoms with Crippen LogP contribution in [0.4, 0.5) is 0 Å². The summed E-state index contributed by atoms with van der Waals surface area (Å²) in [6.07, 6.45) is 2.55. The Morgan fingerprint density at radius 3 is 2.77 bits per heavy atom. The van der Waals surface area contributed by atoms with Gasteiger partial charge in [-0.2, -0.15) is 0 Å². The molecule has 0 aliphatic carbocycles. The standard InChI is InChI=1S/C19H22N4OS2/c1-14(2)15-5-7-16(8-6-15)23-13-21-22-19(23)26-12-18(24)20-10-9-17-4-3-11-25-17/h3-8,11,13-14H,9-10,12H2,1-2H3,(H,20,24). The van der Waals surface area contributed by atoms with E-state index in [0.29, 0.717) is 18.2 Å². The van der Waals surface area contributed by atoms with Crippen molar-refractivity contribution in [3.05, 3.63) is 58.5 Å². The van der Waals surface area contributed by atoms with E-state index >= 15 is 0 Å². The fourth-order valence-corrected chi connectivity index (χ4v) is 3.95. The topological polar surface area (TPSA) is 59.8 Å². The summed E-state index contributed by atoms with van der Waals surface area (Å²) in [5.74, 6) is 0.834. The van der Waals surface area contributed by atoms with E-state index in [-0.39, 0.29) is 5.91 Å². The third kappa shape index (κ3) is 4.95. The molecule has 5 nitrogen and oxygen atoms in total. The number of nitrogens with zero attached hydrogens (tertiary/aromatic N) is 3. The summed E-state index contributed by atoms with van der Waals surface area (Å²) in [7, 11) is 0. The van der Waals surface area contributed by atoms with Crippen molar-refractivity contribution in [3.63, 3.8) is 0 Å². The van der Waals surface area contributed by atoms with Crippen LogP contribution in [0.1, 0.15) is 30.2 Å². The molecule has 136 valence electrons. The minimum Gasteiger partial charge on any atom is -0.355 e. The van der Waals surface area contributed by atoms with Gasteiger partial charge in [0, 0.05) is 17.1 Å². The van der Waals surface area contributed by atoms with Gasteiger partial charge in [-0.1, -0.05) is 43.8 Å². The van der Waals surface area contributed by atoms with E-state index in [0.717, 1.165) is 17.3 Å². The van der Waals surface area contributed by atoms with Gasteiger partial charge in [-0.15, -0.1) is 21.5 Å². The molecule has 0 aliphatic heterocycles. The van der Waals surface area contributed by atoms with E-state index in [1.54, 1.807) is 17.7 Å². The molecule has 3 rings (SSSR count). The first-order valence-electron chi connectivity index (χ1n) is 8.55. The minimum absolute atomic E-state index is 0.0104. The van der Waals surface area contributed by atoms with Gasteiger partial charge in [-0.25, -0.2) is 0 Å². The van der Waals surface area contributed by atoms with Crippen LogP contribution >= 0.6 is 23.1 Å². The lowest BCUT2D eigenvalue weighted by Crippen LogP contribution is -2.27. The zero-order valence-corrected chi connectivity index (χ0v) is 16.5. The predicted molar refractivity (Wildman–Crippen MR) is 107 cm³/mol. The highest BCUT2D eigenvalue weighted by Crippen LogP contribution is 2.21. The number of benzene rings is 1. The molecule has 0 bridgehead atoms. The lowest BCUT2D eigenvalue weighted by atomic mass is 10.0. The normalized spacial score (nSPS) is 11.0. The Morgan fingerprint density at radius 2 is 2.08 bits per heavy atom. The van der Waals surface area contributed by atoms with E-state index in [2.05, 4.69) is 59.7 Å². The summed E-state index contributed by atoms with van der Waals surface area (Å²) in [6, 6.07) is 12.5. The van der Waals surface area contributed by atoms with Crippen molar-refractivity contribution in [2.45, 2.75) is 31.3 Å². The largest absolute Gasteiger partial charge is 0.355 e. The molecule has 0 radical (unpaired) electrons. The zero-order chi connectivity index (χ0) is 18.4. The molecule has 26 heavy (non-hydrogen) atoms. The highest BCUT2D eigenvalue weighted by Gasteiger charge is 2.10. The summed E-state index contributed by atoms with van der Waals surface area (Å²) in [4.78, 5) is 13.3. The van der Waals surface area contributed by atoms with Crippen LogP contribution in [-0.2, 0) is 11.2 Å². The van der Waals surface area contributed by atoms with Crippen molar-refractivity contribution in [3.8, 4) is 5.69 Å². The van der Waals surface area contributed by atoms with Gasteiger partial charge in [-0.3, -0.25) is 9.36 Å². The number of thioether (sulfide) groups is 1. The maximum Gasteiger partial charge on any atom is 0.230 e. The summed E-state index contributed by atoms with van der Waals surface area (Å²) in [5, 5.41) is 13.9. The molecule has 0 fully saturated rings. The lowest BCUT2D eigenvalue weighted by Gasteiger charge is -2.09. The summed E-state index contributed by atoms with van der Waals surface area (Å²) in [6.45, 7) is 5.00. The third-order valence-corrected chi connectivity index (χ3v) is 5.84. The van der Waals surface area contributed by atoms with Crippen LogP contribution in [0.5, 0.6) is 0 Å². The molecule has 1 N–H and O–H groups in total. The van der Waals surface area contributed by atoms with Crippen molar-refractivity contribution in [1.82, 2.24) is 20.1 Å². The van der Waals surface area contributed by atoms with Crippen LogP contribution in [0.15, 0.2) is 53.3 Å². The molecule has 0 aliphatic rings. The van der Waals surface area contributed by atoms with Crippen LogP contribution in [0.25, 0.3) is 5.69 Å². The maximum atomic E-state index is 12.0. The number of thiophene rings is 1. The van der Waals surface area contributed by atoms with Gasteiger partial charge in [0.25, 0.3) is 0 Å². The average Bonchev–Trinajstić information content (AvgIpc) is 3.32. The van der Waals surface area contributed by atoms with Crippen LogP contribution < -0.4 is 5.32 Å². The molecule has 3 aromatic rings. The number of hydrogen-bond donors (Lipinski definition) is 1. The third-order valence-electron chi connectivity index (χ3n) is 3.96. The van der Waals surface area contributed by atoms with E-state index in [1.165, 1.54) is 22.2 Å². The molecule has 0 spiro atoms. The Labute approximate surface area is 161 Å². The van der Waals surface area contributed by atoms with Crippen LogP contribution in [0, 0.1) is 0 Å². The minimum atomic E-state index is 0.0104. The Kier molecular flexibility index (Phi) is 6.46. The predicted octanol–water partition coefficient (Wildman–Crippen LogP) is 3.90. The SMILES string of the molecule is CC(C)c1ccc(-n2cnnc2SCC(=O)NCCc2cccs2)cc1. The number of carbonyl (C=O) groups excluding carboxylic acids is 1. The zero-order valence-electron chi connectivity index (χ0n) is 14.9. The number of nitrogens with one attached hydrogen (secondary N) is 1. The molecule has 1 amide bonds. The smallest absolute Gasteiger partial charge is 0.230 e. The van der Waals surface area contributed by atoms with Gasteiger partial charge >= 0.3 is 0 Å². The van der Waals surface area contributed by atoms with Crippen molar-refractivity contribution in [1.29, 1.82) is 0 Å². The van der Waals surface area contributed by atoms with E-state index in [9.17, 15) is 4.79 Å². The summed E-state index contributed by atoms with van der Waals surface area (Å²) < 4.78 is 1.91. The molecule has 0 saturated carbocycles. The molecule has 0 atom stereocenters. The second-order valence-electron chi connectivity index (χ2n) is 6.20. The van der Waals surface area contributed by atoms with E-state index < -0.39 is 0 Å². The molecule has 7 heteroatoms. The second kappa shape index (κ2) is 9.00. The number of carbonyl (C=O) groups is 1. The average molecular weight is 387 g/mol. The first-order valence-corrected chi connectivity index (χ1v) is 10.4. The maximum absolute atomic E-state index is 12.0. The molecule has 2 aromatic heterocycles. The van der Waals surface area contributed by atoms with Gasteiger partial charge < -0.3 is 5.32 Å². The summed E-state index contributed by atoms with van der Waals surface area (Å²) >= 11 is 3.11. The molecular weight excluding hydrogens is 364 g/mol. The molecule has 0 saturated heterocycles. The molecular formula is C19H22N4OS2. The fraction of sp³-hybridized carbons (Fsp3) is 0.316. The van der Waals surface area contributed by atoms with Gasteiger partial charge in [0.05, 0.1) is 5.75 Å². The molecule has 1 aromatic carbocycles. The lowest BCUT2D eigenvalue weighted by molar-refractivity contribution is -0.118. The van der Waals surface area contributed by atoms with Crippen LogP contribution in [0.3, 0.4) is 0 Å². The van der Waals surface area contributed by atoms with Crippen molar-refractivity contribution in [2.24, 2.45) is 0 Å². The van der Waals surface area contributed by atoms with Crippen molar-refractivity contribution < 1.29 is 4.79 Å². The number of aromatic nitrogens is 3. The molecule has 0 unspecified atom stereocenters. The summed E-state index contributed by atoms with van der Waals surface area (Å²) in [5.41, 5.74) is 2.29. The molecule has 2 heterocycles. The Bertz CT molecular complexity index is 826. The Morgan fingerprint density at radius 1 is 1.27 bits per heavy atom. The quantitative estimate of drug-likeness (QED) is 0.597. The first kappa shape index (κ1) is 18.7. The van der Waals surface area contributed by atoms with Gasteiger partial charge in [0.2, 0.25) is 5.91 Å². The highest BCUT2D eigenvalue weighted by molar-refractivity contribution is 7.99. The first-order chi connectivity index (χ1) is 12.6. The number of hydrogen-bond acceptors (Lipinski definition) is 5. The monoisotopic (exact) mass is 386 g/mol. The van der Waals surface area contributed by atoms with Crippen LogP contribution in [0.2, 0.25) is 0 Å². The number of amides is 1. The Hall–Kier alpha value is -2.12. The van der Waals surface area contributed by atoms with E-state index in [1.807, 2.05) is 16.0 Å². The van der Waals surface area contributed by atoms with Crippen molar-refractivity contribution in [2.75, 3.05) is 12.3 Å². The Balaban J connectivity index is 1.52. The second-order valence-corrected chi connectivity index (χ2v) is 8.17. The fourth-order valence-electron chi connectivity index (χ4n) is 2.48. The van der Waals surface area contributed by atoms with Gasteiger partial charge in [-0.05, 0) is 41.5 Å². The van der Waals surface area contributed by atoms with Crippen LogP contribution in [-0.4, -0.2) is 33.0 Å². The number of rotatable bonds is 8. The van der Waals surface area contributed by atoms with Gasteiger partial charge in [0.1, 0.15) is 6.33 Å².